The normalized spacial score (nSPS) is 12.9. The number of benzene rings is 1. The number of carboxylic acids is 1. The van der Waals surface area contributed by atoms with Gasteiger partial charge in [0.05, 0.1) is 11.7 Å². The first-order valence-corrected chi connectivity index (χ1v) is 14.8. The lowest BCUT2D eigenvalue weighted by Gasteiger charge is -2.27. The molecular weight excluding hydrogens is 544 g/mol. The highest BCUT2D eigenvalue weighted by atomic mass is 32.2. The largest absolute Gasteiger partial charge is 0.480 e. The van der Waals surface area contributed by atoms with Crippen LogP contribution in [-0.2, 0) is 31.4 Å². The standard InChI is InChI=1S/C30H38N4O6S/c1-7-30(5,6)22-16-14-21(15-17-22)19-24(33-41(38,39)26-13-8-9-18-31-26)23-11-10-12-25(32-23)34(20-27(35)36)28(37)40-29(2,3)4/h8-18,24,33H,7,19-20H2,1-6H3,(H,35,36). The number of hydrogen-bond acceptors (Lipinski definition) is 7. The number of rotatable bonds is 11. The number of carbonyl (C=O) groups excluding carboxylic acids is 1. The van der Waals surface area contributed by atoms with Crippen LogP contribution in [-0.4, -0.2) is 47.7 Å². The Balaban J connectivity index is 2.03. The van der Waals surface area contributed by atoms with Gasteiger partial charge in [0, 0.05) is 6.20 Å². The molecule has 0 saturated carbocycles. The highest BCUT2D eigenvalue weighted by molar-refractivity contribution is 7.89. The van der Waals surface area contributed by atoms with Crippen LogP contribution in [0.25, 0.3) is 0 Å². The van der Waals surface area contributed by atoms with Crippen LogP contribution in [0.15, 0.2) is 71.9 Å². The van der Waals surface area contributed by atoms with E-state index in [1.807, 2.05) is 24.3 Å². The van der Waals surface area contributed by atoms with Gasteiger partial charge >= 0.3 is 12.1 Å². The highest BCUT2D eigenvalue weighted by Gasteiger charge is 2.29. The highest BCUT2D eigenvalue weighted by Crippen LogP contribution is 2.28. The fourth-order valence-corrected chi connectivity index (χ4v) is 5.12. The van der Waals surface area contributed by atoms with Crippen molar-refractivity contribution < 1.29 is 27.9 Å². The van der Waals surface area contributed by atoms with Gasteiger partial charge in [-0.3, -0.25) is 9.69 Å². The molecule has 2 aromatic heterocycles. The third-order valence-electron chi connectivity index (χ3n) is 6.57. The molecule has 11 heteroatoms. The van der Waals surface area contributed by atoms with Gasteiger partial charge in [0.2, 0.25) is 0 Å². The summed E-state index contributed by atoms with van der Waals surface area (Å²) in [6.45, 7) is 10.8. The lowest BCUT2D eigenvalue weighted by Crippen LogP contribution is -2.40. The van der Waals surface area contributed by atoms with Crippen LogP contribution in [0.5, 0.6) is 0 Å². The number of nitrogens with one attached hydrogen (secondary N) is 1. The summed E-state index contributed by atoms with van der Waals surface area (Å²) in [4.78, 5) is 33.9. The summed E-state index contributed by atoms with van der Waals surface area (Å²) >= 11 is 0. The van der Waals surface area contributed by atoms with E-state index in [1.54, 1.807) is 45.0 Å². The predicted octanol–water partition coefficient (Wildman–Crippen LogP) is 5.25. The van der Waals surface area contributed by atoms with Gasteiger partial charge in [-0.15, -0.1) is 0 Å². The number of aromatic nitrogens is 2. The number of carboxylic acid groups (broad SMARTS) is 1. The topological polar surface area (TPSA) is 139 Å². The quantitative estimate of drug-likeness (QED) is 0.312. The number of sulfonamides is 1. The summed E-state index contributed by atoms with van der Waals surface area (Å²) in [7, 11) is -4.06. The van der Waals surface area contributed by atoms with Crippen molar-refractivity contribution >= 4 is 27.9 Å². The molecular formula is C30H38N4O6S. The molecule has 1 atom stereocenters. The molecule has 0 radical (unpaired) electrons. The molecule has 2 heterocycles. The minimum Gasteiger partial charge on any atom is -0.480 e. The van der Waals surface area contributed by atoms with Gasteiger partial charge < -0.3 is 9.84 Å². The van der Waals surface area contributed by atoms with Crippen molar-refractivity contribution in [1.82, 2.24) is 14.7 Å². The lowest BCUT2D eigenvalue weighted by atomic mass is 9.82. The summed E-state index contributed by atoms with van der Waals surface area (Å²) in [5.74, 6) is -1.24. The van der Waals surface area contributed by atoms with E-state index < -0.39 is 40.3 Å². The Hall–Kier alpha value is -3.83. The van der Waals surface area contributed by atoms with Crippen LogP contribution >= 0.6 is 0 Å². The first-order valence-electron chi connectivity index (χ1n) is 13.3. The van der Waals surface area contributed by atoms with E-state index in [0.717, 1.165) is 22.4 Å². The molecule has 0 saturated heterocycles. The van der Waals surface area contributed by atoms with Crippen LogP contribution in [0.4, 0.5) is 10.6 Å². The van der Waals surface area contributed by atoms with E-state index in [9.17, 15) is 23.1 Å². The monoisotopic (exact) mass is 582 g/mol. The maximum Gasteiger partial charge on any atom is 0.416 e. The lowest BCUT2D eigenvalue weighted by molar-refractivity contribution is -0.135. The third-order valence-corrected chi connectivity index (χ3v) is 7.95. The molecule has 1 unspecified atom stereocenters. The van der Waals surface area contributed by atoms with Gasteiger partial charge in [-0.05, 0) is 74.4 Å². The number of nitrogens with zero attached hydrogens (tertiary/aromatic N) is 3. The summed E-state index contributed by atoms with van der Waals surface area (Å²) < 4.78 is 34.7. The number of hydrogen-bond donors (Lipinski definition) is 2. The SMILES string of the molecule is CCC(C)(C)c1ccc(CC(NS(=O)(=O)c2ccccn2)c2cccc(N(CC(=O)O)C(=O)OC(C)(C)C)n2)cc1. The fourth-order valence-electron chi connectivity index (χ4n) is 3.97. The second-order valence-corrected chi connectivity index (χ2v) is 13.0. The van der Waals surface area contributed by atoms with Crippen molar-refractivity contribution in [3.05, 3.63) is 83.7 Å². The molecule has 3 aromatic rings. The number of amides is 1. The average Bonchev–Trinajstić information content (AvgIpc) is 2.91. The Kier molecular flexibility index (Phi) is 9.88. The number of carbonyl (C=O) groups is 2. The zero-order chi connectivity index (χ0) is 30.4. The molecule has 0 aliphatic heterocycles. The van der Waals surface area contributed by atoms with Crippen molar-refractivity contribution in [2.24, 2.45) is 0 Å². The van der Waals surface area contributed by atoms with E-state index in [0.29, 0.717) is 5.69 Å². The van der Waals surface area contributed by atoms with Crippen LogP contribution < -0.4 is 9.62 Å². The molecule has 2 N–H and O–H groups in total. The van der Waals surface area contributed by atoms with E-state index >= 15 is 0 Å². The smallest absolute Gasteiger partial charge is 0.416 e. The van der Waals surface area contributed by atoms with Crippen LogP contribution in [0.1, 0.15) is 70.8 Å². The van der Waals surface area contributed by atoms with Crippen LogP contribution in [0, 0.1) is 0 Å². The van der Waals surface area contributed by atoms with Gasteiger partial charge in [-0.2, -0.15) is 0 Å². The second kappa shape index (κ2) is 12.8. The van der Waals surface area contributed by atoms with Crippen molar-refractivity contribution in [3.8, 4) is 0 Å². The summed E-state index contributed by atoms with van der Waals surface area (Å²) in [6.07, 6.45) is 1.70. The summed E-state index contributed by atoms with van der Waals surface area (Å²) in [6, 6.07) is 16.4. The number of aliphatic carboxylic acids is 1. The molecule has 10 nitrogen and oxygen atoms in total. The van der Waals surface area contributed by atoms with Crippen LogP contribution in [0.2, 0.25) is 0 Å². The van der Waals surface area contributed by atoms with Crippen molar-refractivity contribution in [3.63, 3.8) is 0 Å². The second-order valence-electron chi connectivity index (χ2n) is 11.4. The van der Waals surface area contributed by atoms with E-state index in [-0.39, 0.29) is 22.7 Å². The fraction of sp³-hybridized carbons (Fsp3) is 0.400. The average molecular weight is 583 g/mol. The molecule has 41 heavy (non-hydrogen) atoms. The molecule has 1 aromatic carbocycles. The Morgan fingerprint density at radius 2 is 1.68 bits per heavy atom. The molecule has 0 aliphatic carbocycles. The van der Waals surface area contributed by atoms with E-state index in [2.05, 4.69) is 35.5 Å². The number of ether oxygens (including phenoxy) is 1. The summed E-state index contributed by atoms with van der Waals surface area (Å²) in [5, 5.41) is 9.32. The molecule has 0 spiro atoms. The number of pyridine rings is 2. The maximum absolute atomic E-state index is 13.3. The Bertz CT molecular complexity index is 1450. The Morgan fingerprint density at radius 1 is 1.00 bits per heavy atom. The first-order chi connectivity index (χ1) is 19.1. The van der Waals surface area contributed by atoms with Crippen molar-refractivity contribution in [2.75, 3.05) is 11.4 Å². The van der Waals surface area contributed by atoms with E-state index in [1.165, 1.54) is 18.3 Å². The van der Waals surface area contributed by atoms with Gasteiger partial charge in [-0.1, -0.05) is 57.2 Å². The Morgan fingerprint density at radius 3 is 2.24 bits per heavy atom. The van der Waals surface area contributed by atoms with Crippen LogP contribution in [0.3, 0.4) is 0 Å². The van der Waals surface area contributed by atoms with Gasteiger partial charge in [0.1, 0.15) is 18.0 Å². The maximum atomic E-state index is 13.3. The Labute approximate surface area is 241 Å². The van der Waals surface area contributed by atoms with Gasteiger partial charge in [0.15, 0.2) is 5.03 Å². The zero-order valence-corrected chi connectivity index (χ0v) is 25.1. The minimum absolute atomic E-state index is 0.0103. The molecule has 0 bridgehead atoms. The molecule has 3 rings (SSSR count). The van der Waals surface area contributed by atoms with Gasteiger partial charge in [0.25, 0.3) is 10.0 Å². The van der Waals surface area contributed by atoms with Crippen molar-refractivity contribution in [1.29, 1.82) is 0 Å². The molecule has 1 amide bonds. The zero-order valence-electron chi connectivity index (χ0n) is 24.3. The molecule has 0 aliphatic rings. The van der Waals surface area contributed by atoms with Gasteiger partial charge in [-0.25, -0.2) is 27.9 Å². The van der Waals surface area contributed by atoms with E-state index in [4.69, 9.17) is 4.74 Å². The van der Waals surface area contributed by atoms with Crippen molar-refractivity contribution in [2.45, 2.75) is 76.5 Å². The molecule has 0 fully saturated rings. The number of anilines is 1. The minimum atomic E-state index is -4.06. The summed E-state index contributed by atoms with van der Waals surface area (Å²) in [5.41, 5.74) is 1.43. The first kappa shape index (κ1) is 31.7. The predicted molar refractivity (Wildman–Crippen MR) is 156 cm³/mol. The third kappa shape index (κ3) is 8.83. The molecule has 220 valence electrons.